The molecule has 0 aliphatic heterocycles. The predicted molar refractivity (Wildman–Crippen MR) is 196 cm³/mol. The maximum absolute atomic E-state index is 6.51. The first-order chi connectivity index (χ1) is 23.8. The maximum Gasteiger partial charge on any atom is 0.348 e. The number of hydrogen-bond acceptors (Lipinski definition) is 9. The standard InChI is InChI=1S/C39H66N6O3/c1-3-7-11-17-23-34(24-18-12-8-4-1)43-46-37-28-22-16-15-21-27-36(45-48-39-41-32-40-33-42-39)29-30-38(31-37)47-44-35-25-19-13-9-5-2-6-10-14-20-26-35/h32-33,37-38H,1-31H2. The van der Waals surface area contributed by atoms with Crippen LogP contribution >= 0.6 is 0 Å². The Bertz CT molecular complexity index is 1020. The minimum Gasteiger partial charge on any atom is -0.392 e. The highest BCUT2D eigenvalue weighted by molar-refractivity contribution is 5.84. The van der Waals surface area contributed by atoms with Crippen LogP contribution in [0.3, 0.4) is 0 Å². The highest BCUT2D eigenvalue weighted by Gasteiger charge is 2.22. The molecule has 3 fully saturated rings. The minimum absolute atomic E-state index is 0.0293. The lowest BCUT2D eigenvalue weighted by molar-refractivity contribution is -0.0214. The summed E-state index contributed by atoms with van der Waals surface area (Å²) in [6.07, 6.45) is 39.7. The molecule has 4 rings (SSSR count). The van der Waals surface area contributed by atoms with E-state index in [9.17, 15) is 0 Å². The van der Waals surface area contributed by atoms with Crippen molar-refractivity contribution in [3.63, 3.8) is 0 Å². The van der Waals surface area contributed by atoms with E-state index >= 15 is 0 Å². The number of oxime groups is 3. The van der Waals surface area contributed by atoms with Crippen molar-refractivity contribution in [3.05, 3.63) is 12.7 Å². The second-order valence-corrected chi connectivity index (χ2v) is 14.5. The summed E-state index contributed by atoms with van der Waals surface area (Å²) in [5, 5.41) is 14.3. The average molecular weight is 667 g/mol. The van der Waals surface area contributed by atoms with Crippen molar-refractivity contribution >= 4 is 17.1 Å². The van der Waals surface area contributed by atoms with E-state index in [1.54, 1.807) is 0 Å². The Morgan fingerprint density at radius 2 is 0.792 bits per heavy atom. The normalized spacial score (nSPS) is 25.4. The van der Waals surface area contributed by atoms with Crippen LogP contribution in [-0.4, -0.2) is 44.3 Å². The first-order valence-corrected chi connectivity index (χ1v) is 20.1. The van der Waals surface area contributed by atoms with Gasteiger partial charge < -0.3 is 14.5 Å². The molecule has 9 nitrogen and oxygen atoms in total. The second-order valence-electron chi connectivity index (χ2n) is 14.5. The fraction of sp³-hybridized carbons (Fsp3) is 0.846. The van der Waals surface area contributed by atoms with Crippen LogP contribution in [-0.2, 0) is 9.68 Å². The van der Waals surface area contributed by atoms with Crippen LogP contribution in [0.15, 0.2) is 28.1 Å². The first-order valence-electron chi connectivity index (χ1n) is 20.1. The molecule has 0 aromatic carbocycles. The smallest absolute Gasteiger partial charge is 0.348 e. The van der Waals surface area contributed by atoms with Gasteiger partial charge in [0.1, 0.15) is 24.9 Å². The molecule has 3 saturated carbocycles. The van der Waals surface area contributed by atoms with Gasteiger partial charge in [0.2, 0.25) is 0 Å². The van der Waals surface area contributed by atoms with Crippen molar-refractivity contribution in [1.82, 2.24) is 15.0 Å². The van der Waals surface area contributed by atoms with Gasteiger partial charge in [-0.2, -0.15) is 9.97 Å². The second kappa shape index (κ2) is 25.4. The van der Waals surface area contributed by atoms with Crippen molar-refractivity contribution < 1.29 is 14.5 Å². The largest absolute Gasteiger partial charge is 0.392 e. The lowest BCUT2D eigenvalue weighted by Gasteiger charge is -2.23. The van der Waals surface area contributed by atoms with Crippen LogP contribution in [0.25, 0.3) is 0 Å². The Kier molecular flexibility index (Phi) is 20.2. The molecular formula is C39H66N6O3. The van der Waals surface area contributed by atoms with E-state index in [4.69, 9.17) is 24.8 Å². The molecule has 2 atom stereocenters. The van der Waals surface area contributed by atoms with E-state index < -0.39 is 0 Å². The van der Waals surface area contributed by atoms with Crippen LogP contribution in [0.4, 0.5) is 0 Å². The van der Waals surface area contributed by atoms with Gasteiger partial charge in [-0.15, -0.1) is 0 Å². The highest BCUT2D eigenvalue weighted by atomic mass is 16.7. The monoisotopic (exact) mass is 667 g/mol. The van der Waals surface area contributed by atoms with Gasteiger partial charge in [0.25, 0.3) is 0 Å². The molecule has 48 heavy (non-hydrogen) atoms. The molecule has 3 aliphatic rings. The molecule has 2 unspecified atom stereocenters. The summed E-state index contributed by atoms with van der Waals surface area (Å²) in [5.74, 6) is 0. The predicted octanol–water partition coefficient (Wildman–Crippen LogP) is 11.2. The topological polar surface area (TPSA) is 103 Å². The number of aromatic nitrogens is 3. The van der Waals surface area contributed by atoms with E-state index in [-0.39, 0.29) is 18.2 Å². The molecule has 1 aromatic rings. The molecule has 1 aromatic heterocycles. The van der Waals surface area contributed by atoms with E-state index in [0.717, 1.165) is 76.3 Å². The van der Waals surface area contributed by atoms with Gasteiger partial charge in [0.05, 0.1) is 17.1 Å². The van der Waals surface area contributed by atoms with Gasteiger partial charge in [-0.25, -0.2) is 4.98 Å². The Morgan fingerprint density at radius 3 is 1.25 bits per heavy atom. The lowest BCUT2D eigenvalue weighted by atomic mass is 9.97. The first kappa shape index (κ1) is 38.2. The Morgan fingerprint density at radius 1 is 0.417 bits per heavy atom. The maximum atomic E-state index is 6.51. The van der Waals surface area contributed by atoms with Crippen LogP contribution < -0.4 is 4.84 Å². The molecule has 0 bridgehead atoms. The Balaban J connectivity index is 1.45. The van der Waals surface area contributed by atoms with Crippen molar-refractivity contribution in [2.75, 3.05) is 0 Å². The van der Waals surface area contributed by atoms with Crippen LogP contribution in [0.1, 0.15) is 199 Å². The van der Waals surface area contributed by atoms with Crippen molar-refractivity contribution in [2.24, 2.45) is 15.5 Å². The van der Waals surface area contributed by atoms with Gasteiger partial charge in [-0.3, -0.25) is 0 Å². The Hall–Kier alpha value is -2.58. The van der Waals surface area contributed by atoms with Gasteiger partial charge in [0.15, 0.2) is 0 Å². The third kappa shape index (κ3) is 17.7. The van der Waals surface area contributed by atoms with Gasteiger partial charge >= 0.3 is 6.01 Å². The van der Waals surface area contributed by atoms with Crippen LogP contribution in [0.2, 0.25) is 0 Å². The number of rotatable bonds is 6. The third-order valence-electron chi connectivity index (χ3n) is 10.3. The zero-order valence-corrected chi connectivity index (χ0v) is 30.1. The molecule has 0 radical (unpaired) electrons. The molecule has 9 heteroatoms. The molecule has 1 heterocycles. The summed E-state index contributed by atoms with van der Waals surface area (Å²) < 4.78 is 0. The molecule has 0 saturated heterocycles. The highest BCUT2D eigenvalue weighted by Crippen LogP contribution is 2.24. The lowest BCUT2D eigenvalue weighted by Crippen LogP contribution is -2.23. The minimum atomic E-state index is -0.0674. The molecule has 270 valence electrons. The van der Waals surface area contributed by atoms with Crippen LogP contribution in [0, 0.1) is 0 Å². The van der Waals surface area contributed by atoms with Gasteiger partial charge in [-0.1, -0.05) is 118 Å². The Labute approximate surface area is 291 Å². The van der Waals surface area contributed by atoms with E-state index in [1.165, 1.54) is 152 Å². The molecule has 3 aliphatic carbocycles. The van der Waals surface area contributed by atoms with Crippen LogP contribution in [0.5, 0.6) is 6.01 Å². The van der Waals surface area contributed by atoms with E-state index in [0.29, 0.717) is 0 Å². The molecule has 0 amide bonds. The summed E-state index contributed by atoms with van der Waals surface area (Å²) in [5.41, 5.74) is 3.52. The summed E-state index contributed by atoms with van der Waals surface area (Å²) in [4.78, 5) is 30.6. The van der Waals surface area contributed by atoms with E-state index in [1.807, 2.05) is 0 Å². The third-order valence-corrected chi connectivity index (χ3v) is 10.3. The molecular weight excluding hydrogens is 600 g/mol. The molecule has 0 N–H and O–H groups in total. The van der Waals surface area contributed by atoms with Crippen molar-refractivity contribution in [3.8, 4) is 6.01 Å². The summed E-state index contributed by atoms with van der Waals surface area (Å²) in [7, 11) is 0. The summed E-state index contributed by atoms with van der Waals surface area (Å²) >= 11 is 0. The average Bonchev–Trinajstić information content (AvgIpc) is 3.09. The van der Waals surface area contributed by atoms with Gasteiger partial charge in [-0.05, 0) is 89.9 Å². The fourth-order valence-electron chi connectivity index (χ4n) is 7.22. The van der Waals surface area contributed by atoms with Crippen molar-refractivity contribution in [1.29, 1.82) is 0 Å². The summed E-state index contributed by atoms with van der Waals surface area (Å²) in [6.45, 7) is 0. The van der Waals surface area contributed by atoms with E-state index in [2.05, 4.69) is 20.1 Å². The zero-order chi connectivity index (χ0) is 33.2. The quantitative estimate of drug-likeness (QED) is 0.280. The van der Waals surface area contributed by atoms with Crippen molar-refractivity contribution in [2.45, 2.75) is 211 Å². The molecule has 0 spiro atoms. The summed E-state index contributed by atoms with van der Waals surface area (Å²) in [6, 6.07) is 0.226. The zero-order valence-electron chi connectivity index (χ0n) is 30.1. The van der Waals surface area contributed by atoms with Gasteiger partial charge in [0, 0.05) is 6.42 Å². The number of nitrogens with zero attached hydrogens (tertiary/aromatic N) is 6. The number of hydrogen-bond donors (Lipinski definition) is 0. The fourth-order valence-corrected chi connectivity index (χ4v) is 7.22. The SMILES string of the molecule is c1ncnc(ON=C2CCCCCCC(ON=C3CCCCCCCCCCC3)CC(ON=C3CCCCCCCCCCC3)CC2)n1.